The lowest BCUT2D eigenvalue weighted by Crippen LogP contribution is -2.24. The third-order valence-corrected chi connectivity index (χ3v) is 5.36. The minimum absolute atomic E-state index is 0.245. The van der Waals surface area contributed by atoms with Crippen molar-refractivity contribution in [3.05, 3.63) is 64.0 Å². The normalized spacial score (nSPS) is 14.5. The topological polar surface area (TPSA) is 71.7 Å². The maximum Gasteiger partial charge on any atom is 0.279 e. The Balaban J connectivity index is 1.78. The van der Waals surface area contributed by atoms with E-state index in [1.807, 2.05) is 35.9 Å². The number of fused-ring (bicyclic) bond motifs is 2. The summed E-state index contributed by atoms with van der Waals surface area (Å²) in [5, 5.41) is 0. The summed E-state index contributed by atoms with van der Waals surface area (Å²) < 4.78 is 2.89. The molecule has 3 aromatic rings. The molecule has 0 saturated heterocycles. The molecule has 0 atom stereocenters. The number of thiazole rings is 1. The molecule has 0 unspecified atom stereocenters. The first-order chi connectivity index (χ1) is 12.0. The summed E-state index contributed by atoms with van der Waals surface area (Å²) in [5.74, 6) is -1.20. The number of para-hydroxylation sites is 1. The van der Waals surface area contributed by atoms with Gasteiger partial charge in [0.25, 0.3) is 17.7 Å². The van der Waals surface area contributed by atoms with Crippen LogP contribution in [0.3, 0.4) is 0 Å². The molecule has 7 heteroatoms. The van der Waals surface area contributed by atoms with Gasteiger partial charge in [0.15, 0.2) is 4.80 Å². The van der Waals surface area contributed by atoms with E-state index < -0.39 is 11.8 Å². The van der Waals surface area contributed by atoms with Gasteiger partial charge < -0.3 is 4.57 Å². The van der Waals surface area contributed by atoms with E-state index in [2.05, 4.69) is 4.99 Å². The van der Waals surface area contributed by atoms with Gasteiger partial charge in [-0.1, -0.05) is 23.5 Å². The Morgan fingerprint density at radius 3 is 2.48 bits per heavy atom. The van der Waals surface area contributed by atoms with Gasteiger partial charge in [-0.05, 0) is 30.3 Å². The van der Waals surface area contributed by atoms with Gasteiger partial charge in [-0.15, -0.1) is 0 Å². The quantitative estimate of drug-likeness (QED) is 0.631. The van der Waals surface area contributed by atoms with E-state index in [-0.39, 0.29) is 17.0 Å². The first-order valence-electron chi connectivity index (χ1n) is 7.57. The summed E-state index contributed by atoms with van der Waals surface area (Å²) in [6.45, 7) is 0. The first-order valence-corrected chi connectivity index (χ1v) is 8.39. The summed E-state index contributed by atoms with van der Waals surface area (Å²) >= 11 is 1.42. The molecule has 1 aliphatic rings. The maximum absolute atomic E-state index is 12.5. The highest BCUT2D eigenvalue weighted by molar-refractivity contribution is 7.16. The number of hydrogen-bond donors (Lipinski definition) is 0. The molecule has 1 aliphatic heterocycles. The summed E-state index contributed by atoms with van der Waals surface area (Å²) in [7, 11) is 3.28. The van der Waals surface area contributed by atoms with Gasteiger partial charge >= 0.3 is 0 Å². The van der Waals surface area contributed by atoms with Gasteiger partial charge in [-0.25, -0.2) is 0 Å². The van der Waals surface area contributed by atoms with Crippen LogP contribution in [0.1, 0.15) is 31.1 Å². The zero-order chi connectivity index (χ0) is 17.7. The molecule has 0 saturated carbocycles. The highest BCUT2D eigenvalue weighted by atomic mass is 32.1. The Kier molecular flexibility index (Phi) is 3.40. The van der Waals surface area contributed by atoms with Gasteiger partial charge in [0, 0.05) is 19.7 Å². The summed E-state index contributed by atoms with van der Waals surface area (Å²) in [6, 6.07) is 12.3. The molecule has 0 aliphatic carbocycles. The highest BCUT2D eigenvalue weighted by Gasteiger charge is 2.33. The summed E-state index contributed by atoms with van der Waals surface area (Å²) in [5.41, 5.74) is 1.84. The monoisotopic (exact) mass is 351 g/mol. The van der Waals surface area contributed by atoms with Crippen molar-refractivity contribution in [3.63, 3.8) is 0 Å². The molecule has 0 fully saturated rings. The minimum atomic E-state index is -0.445. The average Bonchev–Trinajstić information content (AvgIpc) is 3.05. The highest BCUT2D eigenvalue weighted by Crippen LogP contribution is 2.23. The van der Waals surface area contributed by atoms with Crippen LogP contribution in [0, 0.1) is 0 Å². The Labute approximate surface area is 146 Å². The van der Waals surface area contributed by atoms with Crippen LogP contribution in [0.5, 0.6) is 0 Å². The van der Waals surface area contributed by atoms with Crippen molar-refractivity contribution in [2.24, 2.45) is 12.0 Å². The smallest absolute Gasteiger partial charge is 0.279 e. The SMILES string of the molecule is CN1C(=O)c2ccc(C(=O)N=c3sc4ccccc4n3C)cc2C1=O. The van der Waals surface area contributed by atoms with E-state index in [1.54, 1.807) is 0 Å². The molecule has 4 rings (SSSR count). The molecule has 0 N–H and O–H groups in total. The summed E-state index contributed by atoms with van der Waals surface area (Å²) in [4.78, 5) is 42.3. The lowest BCUT2D eigenvalue weighted by molar-refractivity contribution is 0.0693. The zero-order valence-electron chi connectivity index (χ0n) is 13.5. The second kappa shape index (κ2) is 5.49. The standard InChI is InChI=1S/C18H13N3O3S/c1-20-13-5-3-4-6-14(13)25-18(20)19-15(22)10-7-8-11-12(9-10)17(24)21(2)16(11)23/h3-9H,1-2H3. The zero-order valence-corrected chi connectivity index (χ0v) is 14.3. The molecular formula is C18H13N3O3S. The molecule has 0 spiro atoms. The predicted molar refractivity (Wildman–Crippen MR) is 93.6 cm³/mol. The number of aromatic nitrogens is 1. The predicted octanol–water partition coefficient (Wildman–Crippen LogP) is 2.21. The van der Waals surface area contributed by atoms with Gasteiger partial charge in [0.2, 0.25) is 0 Å². The maximum atomic E-state index is 12.5. The van der Waals surface area contributed by atoms with Crippen molar-refractivity contribution in [2.45, 2.75) is 0 Å². The number of hydrogen-bond acceptors (Lipinski definition) is 4. The van der Waals surface area contributed by atoms with E-state index in [9.17, 15) is 14.4 Å². The van der Waals surface area contributed by atoms with Crippen LogP contribution in [0.15, 0.2) is 47.5 Å². The number of amides is 3. The average molecular weight is 351 g/mol. The molecule has 2 heterocycles. The van der Waals surface area contributed by atoms with E-state index in [4.69, 9.17) is 0 Å². The number of carbonyl (C=O) groups excluding carboxylic acids is 3. The van der Waals surface area contributed by atoms with E-state index in [1.165, 1.54) is 36.6 Å². The Hall–Kier alpha value is -3.06. The molecule has 2 aromatic carbocycles. The number of imide groups is 1. The van der Waals surface area contributed by atoms with Crippen LogP contribution in [0.25, 0.3) is 10.2 Å². The Morgan fingerprint density at radius 1 is 1.00 bits per heavy atom. The third-order valence-electron chi connectivity index (χ3n) is 4.25. The van der Waals surface area contributed by atoms with Gasteiger partial charge in [-0.2, -0.15) is 4.99 Å². The number of rotatable bonds is 1. The van der Waals surface area contributed by atoms with E-state index >= 15 is 0 Å². The van der Waals surface area contributed by atoms with Crippen molar-refractivity contribution < 1.29 is 14.4 Å². The molecule has 0 radical (unpaired) electrons. The second-order valence-corrected chi connectivity index (χ2v) is 6.77. The van der Waals surface area contributed by atoms with Crippen LogP contribution < -0.4 is 4.80 Å². The Morgan fingerprint density at radius 2 is 1.72 bits per heavy atom. The van der Waals surface area contributed by atoms with Crippen LogP contribution >= 0.6 is 11.3 Å². The molecular weight excluding hydrogens is 338 g/mol. The number of benzene rings is 2. The van der Waals surface area contributed by atoms with Crippen molar-refractivity contribution in [2.75, 3.05) is 7.05 Å². The number of aryl methyl sites for hydroxylation is 1. The molecule has 0 bridgehead atoms. The first kappa shape index (κ1) is 15.5. The largest absolute Gasteiger partial charge is 0.319 e. The Bertz CT molecular complexity index is 1140. The van der Waals surface area contributed by atoms with Crippen LogP contribution in [-0.2, 0) is 7.05 Å². The summed E-state index contributed by atoms with van der Waals surface area (Å²) in [6.07, 6.45) is 0. The second-order valence-electron chi connectivity index (χ2n) is 5.76. The molecule has 25 heavy (non-hydrogen) atoms. The fourth-order valence-electron chi connectivity index (χ4n) is 2.83. The van der Waals surface area contributed by atoms with Crippen LogP contribution in [0.4, 0.5) is 0 Å². The van der Waals surface area contributed by atoms with Crippen molar-refractivity contribution in [1.29, 1.82) is 0 Å². The van der Waals surface area contributed by atoms with Gasteiger partial charge in [0.1, 0.15) is 0 Å². The lowest BCUT2D eigenvalue weighted by Gasteiger charge is -2.02. The van der Waals surface area contributed by atoms with Crippen molar-refractivity contribution in [3.8, 4) is 0 Å². The fourth-order valence-corrected chi connectivity index (χ4v) is 3.85. The lowest BCUT2D eigenvalue weighted by atomic mass is 10.1. The number of nitrogens with zero attached hydrogens (tertiary/aromatic N) is 3. The minimum Gasteiger partial charge on any atom is -0.319 e. The number of carbonyl (C=O) groups is 3. The van der Waals surface area contributed by atoms with Crippen LogP contribution in [-0.4, -0.2) is 34.2 Å². The van der Waals surface area contributed by atoms with Crippen LogP contribution in [0.2, 0.25) is 0 Å². The molecule has 1 aromatic heterocycles. The van der Waals surface area contributed by atoms with Gasteiger partial charge in [-0.3, -0.25) is 19.3 Å². The third kappa shape index (κ3) is 2.32. The van der Waals surface area contributed by atoms with Crippen molar-refractivity contribution >= 4 is 39.3 Å². The van der Waals surface area contributed by atoms with E-state index in [0.717, 1.165) is 15.1 Å². The van der Waals surface area contributed by atoms with Gasteiger partial charge in [0.05, 0.1) is 21.3 Å². The van der Waals surface area contributed by atoms with E-state index in [0.29, 0.717) is 10.4 Å². The molecule has 124 valence electrons. The molecule has 6 nitrogen and oxygen atoms in total. The fraction of sp³-hybridized carbons (Fsp3) is 0.111. The van der Waals surface area contributed by atoms with Crippen molar-refractivity contribution in [1.82, 2.24) is 9.47 Å². The molecule has 3 amide bonds.